The number of halogens is 1. The van der Waals surface area contributed by atoms with E-state index >= 15 is 0 Å². The standard InChI is InChI=1S/C13H18ClNO2/c1-16-13-11(6-7-17-15)10-5-3-2-4-9(10)8-12(13)14/h8H,2-7,15H2,1H3. The smallest absolute Gasteiger partial charge is 0.141 e. The third kappa shape index (κ3) is 2.57. The van der Waals surface area contributed by atoms with E-state index in [0.717, 1.165) is 25.0 Å². The van der Waals surface area contributed by atoms with Gasteiger partial charge >= 0.3 is 0 Å². The fourth-order valence-corrected chi connectivity index (χ4v) is 2.90. The van der Waals surface area contributed by atoms with Crippen molar-refractivity contribution >= 4 is 11.6 Å². The number of aryl methyl sites for hydroxylation is 1. The van der Waals surface area contributed by atoms with Gasteiger partial charge in [-0.2, -0.15) is 0 Å². The quantitative estimate of drug-likeness (QED) is 0.842. The minimum Gasteiger partial charge on any atom is -0.495 e. The van der Waals surface area contributed by atoms with Crippen LogP contribution in [-0.2, 0) is 24.1 Å². The Kier molecular flexibility index (Phi) is 4.26. The molecule has 1 aliphatic carbocycles. The van der Waals surface area contributed by atoms with Gasteiger partial charge in [-0.25, -0.2) is 5.90 Å². The van der Waals surface area contributed by atoms with E-state index in [1.807, 2.05) is 6.07 Å². The monoisotopic (exact) mass is 255 g/mol. The van der Waals surface area contributed by atoms with Crippen LogP contribution in [0.15, 0.2) is 6.07 Å². The molecule has 0 radical (unpaired) electrons. The number of fused-ring (bicyclic) bond motifs is 1. The number of ether oxygens (including phenoxy) is 1. The Bertz CT molecular complexity index is 407. The number of methoxy groups -OCH3 is 1. The molecule has 2 N–H and O–H groups in total. The summed E-state index contributed by atoms with van der Waals surface area (Å²) in [5.74, 6) is 5.89. The first-order chi connectivity index (χ1) is 8.27. The summed E-state index contributed by atoms with van der Waals surface area (Å²) in [6.45, 7) is 0.489. The van der Waals surface area contributed by atoms with Gasteiger partial charge in [0.15, 0.2) is 0 Å². The lowest BCUT2D eigenvalue weighted by Crippen LogP contribution is -2.12. The van der Waals surface area contributed by atoms with Crippen LogP contribution in [0, 0.1) is 0 Å². The molecule has 0 unspecified atom stereocenters. The summed E-state index contributed by atoms with van der Waals surface area (Å²) in [5, 5.41) is 0.695. The van der Waals surface area contributed by atoms with Gasteiger partial charge in [-0.3, -0.25) is 0 Å². The Morgan fingerprint density at radius 3 is 2.82 bits per heavy atom. The van der Waals surface area contributed by atoms with Crippen molar-refractivity contribution in [2.45, 2.75) is 32.1 Å². The van der Waals surface area contributed by atoms with Crippen molar-refractivity contribution in [1.82, 2.24) is 0 Å². The van der Waals surface area contributed by atoms with E-state index in [0.29, 0.717) is 11.6 Å². The number of rotatable bonds is 4. The van der Waals surface area contributed by atoms with Gasteiger partial charge in [-0.05, 0) is 42.9 Å². The summed E-state index contributed by atoms with van der Waals surface area (Å²) in [4.78, 5) is 4.68. The molecule has 0 amide bonds. The lowest BCUT2D eigenvalue weighted by molar-refractivity contribution is 0.140. The van der Waals surface area contributed by atoms with Gasteiger partial charge in [0, 0.05) is 12.0 Å². The van der Waals surface area contributed by atoms with Crippen LogP contribution < -0.4 is 10.6 Å². The molecule has 0 atom stereocenters. The third-order valence-corrected chi connectivity index (χ3v) is 3.62. The highest BCUT2D eigenvalue weighted by Crippen LogP contribution is 2.37. The molecule has 1 aromatic rings. The molecule has 0 saturated carbocycles. The first-order valence-corrected chi connectivity index (χ1v) is 6.34. The number of nitrogens with two attached hydrogens (primary N) is 1. The predicted molar refractivity (Wildman–Crippen MR) is 68.5 cm³/mol. The minimum atomic E-state index is 0.489. The highest BCUT2D eigenvalue weighted by Gasteiger charge is 2.19. The highest BCUT2D eigenvalue weighted by molar-refractivity contribution is 6.32. The van der Waals surface area contributed by atoms with Crippen molar-refractivity contribution in [3.63, 3.8) is 0 Å². The predicted octanol–water partition coefficient (Wildman–Crippen LogP) is 2.66. The van der Waals surface area contributed by atoms with Crippen LogP contribution in [0.25, 0.3) is 0 Å². The lowest BCUT2D eigenvalue weighted by Gasteiger charge is -2.22. The second kappa shape index (κ2) is 5.71. The van der Waals surface area contributed by atoms with E-state index in [-0.39, 0.29) is 0 Å². The Hall–Kier alpha value is -0.770. The van der Waals surface area contributed by atoms with Crippen molar-refractivity contribution in [1.29, 1.82) is 0 Å². The second-order valence-corrected chi connectivity index (χ2v) is 4.74. The minimum absolute atomic E-state index is 0.489. The number of hydrogen-bond donors (Lipinski definition) is 1. The Balaban J connectivity index is 2.45. The SMILES string of the molecule is COc1c(Cl)cc2c(c1CCON)CCCC2. The molecular formula is C13H18ClNO2. The van der Waals surface area contributed by atoms with Gasteiger partial charge in [0.1, 0.15) is 5.75 Å². The van der Waals surface area contributed by atoms with Crippen LogP contribution >= 0.6 is 11.6 Å². The fraction of sp³-hybridized carbons (Fsp3) is 0.538. The molecule has 17 heavy (non-hydrogen) atoms. The molecule has 0 fully saturated rings. The van der Waals surface area contributed by atoms with Crippen molar-refractivity contribution in [2.75, 3.05) is 13.7 Å². The average molecular weight is 256 g/mol. The summed E-state index contributed by atoms with van der Waals surface area (Å²) in [5.41, 5.74) is 3.91. The van der Waals surface area contributed by atoms with E-state index in [9.17, 15) is 0 Å². The normalized spacial score (nSPS) is 14.5. The zero-order chi connectivity index (χ0) is 12.3. The molecule has 0 saturated heterocycles. The van der Waals surface area contributed by atoms with Gasteiger partial charge in [-0.1, -0.05) is 11.6 Å². The largest absolute Gasteiger partial charge is 0.495 e. The Morgan fingerprint density at radius 2 is 2.12 bits per heavy atom. The molecule has 2 rings (SSSR count). The van der Waals surface area contributed by atoms with E-state index in [1.54, 1.807) is 7.11 Å². The maximum Gasteiger partial charge on any atom is 0.141 e. The lowest BCUT2D eigenvalue weighted by atomic mass is 9.87. The zero-order valence-electron chi connectivity index (χ0n) is 10.1. The molecule has 4 heteroatoms. The number of hydrogen-bond acceptors (Lipinski definition) is 3. The highest BCUT2D eigenvalue weighted by atomic mass is 35.5. The summed E-state index contributed by atoms with van der Waals surface area (Å²) in [6.07, 6.45) is 5.43. The van der Waals surface area contributed by atoms with Crippen LogP contribution in [0.1, 0.15) is 29.5 Å². The van der Waals surface area contributed by atoms with Crippen molar-refractivity contribution in [2.24, 2.45) is 5.90 Å². The van der Waals surface area contributed by atoms with Crippen LogP contribution in [0.5, 0.6) is 5.75 Å². The molecule has 0 heterocycles. The molecule has 94 valence electrons. The molecule has 0 aliphatic heterocycles. The van der Waals surface area contributed by atoms with Crippen molar-refractivity contribution < 1.29 is 9.57 Å². The fourth-order valence-electron chi connectivity index (χ4n) is 2.58. The molecule has 3 nitrogen and oxygen atoms in total. The molecular weight excluding hydrogens is 238 g/mol. The van der Waals surface area contributed by atoms with Gasteiger partial charge in [0.2, 0.25) is 0 Å². The van der Waals surface area contributed by atoms with Crippen LogP contribution in [0.4, 0.5) is 0 Å². The van der Waals surface area contributed by atoms with Gasteiger partial charge in [0.25, 0.3) is 0 Å². The Labute approximate surface area is 107 Å². The van der Waals surface area contributed by atoms with Crippen molar-refractivity contribution in [3.8, 4) is 5.75 Å². The molecule has 0 bridgehead atoms. The summed E-state index contributed by atoms with van der Waals surface area (Å²) in [7, 11) is 1.66. The topological polar surface area (TPSA) is 44.5 Å². The van der Waals surface area contributed by atoms with Crippen molar-refractivity contribution in [3.05, 3.63) is 27.8 Å². The summed E-state index contributed by atoms with van der Waals surface area (Å²) in [6, 6.07) is 2.04. The molecule has 1 aliphatic rings. The van der Waals surface area contributed by atoms with E-state index in [4.69, 9.17) is 22.2 Å². The van der Waals surface area contributed by atoms with Crippen LogP contribution in [0.2, 0.25) is 5.02 Å². The van der Waals surface area contributed by atoms with Gasteiger partial charge in [0.05, 0.1) is 18.7 Å². The maximum absolute atomic E-state index is 6.25. The van der Waals surface area contributed by atoms with Gasteiger partial charge < -0.3 is 9.57 Å². The van der Waals surface area contributed by atoms with Gasteiger partial charge in [-0.15, -0.1) is 0 Å². The van der Waals surface area contributed by atoms with Crippen LogP contribution in [0.3, 0.4) is 0 Å². The second-order valence-electron chi connectivity index (χ2n) is 4.34. The van der Waals surface area contributed by atoms with Crippen LogP contribution in [-0.4, -0.2) is 13.7 Å². The first kappa shape index (κ1) is 12.7. The zero-order valence-corrected chi connectivity index (χ0v) is 10.8. The summed E-state index contributed by atoms with van der Waals surface area (Å²) < 4.78 is 5.41. The molecule has 0 aromatic heterocycles. The van der Waals surface area contributed by atoms with E-state index in [1.165, 1.54) is 29.5 Å². The average Bonchev–Trinajstić information content (AvgIpc) is 2.35. The van der Waals surface area contributed by atoms with E-state index in [2.05, 4.69) is 4.84 Å². The maximum atomic E-state index is 6.25. The third-order valence-electron chi connectivity index (χ3n) is 3.34. The number of benzene rings is 1. The Morgan fingerprint density at radius 1 is 1.35 bits per heavy atom. The summed E-state index contributed by atoms with van der Waals surface area (Å²) >= 11 is 6.25. The van der Waals surface area contributed by atoms with E-state index < -0.39 is 0 Å². The first-order valence-electron chi connectivity index (χ1n) is 5.96. The molecule has 1 aromatic carbocycles. The molecule has 0 spiro atoms.